The molecule has 1 atom stereocenters. The highest BCUT2D eigenvalue weighted by atomic mass is 79.9. The highest BCUT2D eigenvalue weighted by Gasteiger charge is 2.49. The molecule has 1 unspecified atom stereocenters. The maximum absolute atomic E-state index is 4.58. The van der Waals surface area contributed by atoms with Crippen molar-refractivity contribution >= 4 is 38.1 Å². The molecule has 1 aliphatic carbocycles. The average molecular weight is 524 g/mol. The summed E-state index contributed by atoms with van der Waals surface area (Å²) in [4.78, 5) is 9.10. The van der Waals surface area contributed by atoms with Gasteiger partial charge in [0.25, 0.3) is 0 Å². The van der Waals surface area contributed by atoms with Crippen LogP contribution in [0, 0.1) is 6.92 Å². The molecule has 0 saturated carbocycles. The molecule has 2 heterocycles. The lowest BCUT2D eigenvalue weighted by Gasteiger charge is -2.29. The van der Waals surface area contributed by atoms with Crippen molar-refractivity contribution in [3.05, 3.63) is 138 Å². The Morgan fingerprint density at radius 3 is 2.03 bits per heavy atom. The van der Waals surface area contributed by atoms with Crippen molar-refractivity contribution < 1.29 is 0 Å². The van der Waals surface area contributed by atoms with E-state index in [1.165, 1.54) is 21.7 Å². The van der Waals surface area contributed by atoms with E-state index in [4.69, 9.17) is 0 Å². The number of halogens is 1. The summed E-state index contributed by atoms with van der Waals surface area (Å²) in [6.45, 7) is 2.08. The Balaban J connectivity index is 1.60. The lowest BCUT2D eigenvalue weighted by molar-refractivity contribution is 1.22. The molecule has 4 aromatic rings. The highest BCUT2D eigenvalue weighted by molar-refractivity contribution is 9.44. The summed E-state index contributed by atoms with van der Waals surface area (Å²) in [7, 11) is 0. The first-order valence-corrected chi connectivity index (χ1v) is 15.2. The molecule has 0 aliphatic heterocycles. The molecule has 4 heteroatoms. The third kappa shape index (κ3) is 4.59. The fraction of sp³-hybridized carbons (Fsp3) is 0.0667. The summed E-state index contributed by atoms with van der Waals surface area (Å²) in [5, 5.41) is 2.66. The van der Waals surface area contributed by atoms with E-state index >= 15 is 0 Å². The van der Waals surface area contributed by atoms with Crippen LogP contribution in [0.1, 0.15) is 11.1 Å². The molecule has 1 aliphatic rings. The number of hydrogen-bond acceptors (Lipinski definition) is 2. The first kappa shape index (κ1) is 22.7. The van der Waals surface area contributed by atoms with Gasteiger partial charge in [-0.3, -0.25) is 9.97 Å². The third-order valence-electron chi connectivity index (χ3n) is 5.98. The Morgan fingerprint density at radius 2 is 1.38 bits per heavy atom. The molecular formula is C30H25BrN2P+. The van der Waals surface area contributed by atoms with Crippen LogP contribution in [0.3, 0.4) is 0 Å². The van der Waals surface area contributed by atoms with Crippen molar-refractivity contribution in [3.8, 4) is 11.4 Å². The van der Waals surface area contributed by atoms with Gasteiger partial charge in [-0.05, 0) is 84.3 Å². The van der Waals surface area contributed by atoms with Gasteiger partial charge in [0, 0.05) is 12.4 Å². The van der Waals surface area contributed by atoms with Gasteiger partial charge in [0.1, 0.15) is 16.3 Å². The van der Waals surface area contributed by atoms with E-state index in [0.717, 1.165) is 17.0 Å². The van der Waals surface area contributed by atoms with E-state index < -0.39 is 5.96 Å². The fourth-order valence-corrected chi connectivity index (χ4v) is 9.91. The molecule has 34 heavy (non-hydrogen) atoms. The minimum absolute atomic E-state index is 0.205. The Labute approximate surface area is 209 Å². The quantitative estimate of drug-likeness (QED) is 0.256. The smallest absolute Gasteiger partial charge is 0.160 e. The van der Waals surface area contributed by atoms with Crippen LogP contribution in [0.5, 0.6) is 0 Å². The minimum Gasteiger partial charge on any atom is -0.255 e. The zero-order valence-electron chi connectivity index (χ0n) is 18.9. The summed E-state index contributed by atoms with van der Waals surface area (Å²) in [5.41, 5.74) is 5.55. The summed E-state index contributed by atoms with van der Waals surface area (Å²) < 4.78 is 0. The topological polar surface area (TPSA) is 25.8 Å². The predicted octanol–water partition coefficient (Wildman–Crippen LogP) is 7.31. The second-order valence-electron chi connectivity index (χ2n) is 8.33. The summed E-state index contributed by atoms with van der Waals surface area (Å²) in [6.07, 6.45) is 14.8. The second kappa shape index (κ2) is 10.0. The minimum atomic E-state index is -1.94. The van der Waals surface area contributed by atoms with Crippen molar-refractivity contribution in [1.29, 1.82) is 0 Å². The molecule has 2 aromatic heterocycles. The Kier molecular flexibility index (Phi) is 6.67. The lowest BCUT2D eigenvalue weighted by atomic mass is 10.0. The summed E-state index contributed by atoms with van der Waals surface area (Å²) in [5.74, 6) is -1.94. The van der Waals surface area contributed by atoms with Crippen molar-refractivity contribution in [2.45, 2.75) is 12.6 Å². The van der Waals surface area contributed by atoms with Crippen LogP contribution in [0.4, 0.5) is 0 Å². The maximum atomic E-state index is 4.58. The van der Waals surface area contributed by atoms with E-state index in [0.29, 0.717) is 0 Å². The van der Waals surface area contributed by atoms with Crippen molar-refractivity contribution in [1.82, 2.24) is 9.97 Å². The molecule has 2 aromatic carbocycles. The van der Waals surface area contributed by atoms with Gasteiger partial charge < -0.3 is 0 Å². The van der Waals surface area contributed by atoms with Gasteiger partial charge in [0.15, 0.2) is 21.5 Å². The first-order chi connectivity index (χ1) is 16.6. The number of rotatable bonds is 5. The molecule has 166 valence electrons. The SMILES string of the molecule is Cc1ccnc(-c2cc(C=C3C=CC=CC3[P+](Br)(c3ccccc3)c3ccccc3)ccn2)c1. The number of aromatic nitrogens is 2. The molecule has 0 bridgehead atoms. The number of pyridine rings is 2. The van der Waals surface area contributed by atoms with Gasteiger partial charge >= 0.3 is 0 Å². The van der Waals surface area contributed by atoms with Gasteiger partial charge in [0.05, 0.1) is 11.4 Å². The Hall–Kier alpha value is -3.13. The molecule has 0 radical (unpaired) electrons. The number of benzene rings is 2. The van der Waals surface area contributed by atoms with Gasteiger partial charge in [-0.2, -0.15) is 0 Å². The molecule has 0 amide bonds. The molecule has 0 fully saturated rings. The van der Waals surface area contributed by atoms with Crippen LogP contribution in [-0.4, -0.2) is 15.6 Å². The Morgan fingerprint density at radius 1 is 0.765 bits per heavy atom. The Bertz CT molecular complexity index is 1340. The van der Waals surface area contributed by atoms with Crippen LogP contribution in [0.2, 0.25) is 0 Å². The lowest BCUT2D eigenvalue weighted by Crippen LogP contribution is -2.28. The van der Waals surface area contributed by atoms with Crippen molar-refractivity contribution in [2.24, 2.45) is 0 Å². The standard InChI is InChI=1S/C30H25BrN2P/c1-23-16-18-32-28(20-23)29-22-24(17-19-33-29)21-25-10-8-9-15-30(25)34(31,26-11-4-2-5-12-26)27-13-6-3-7-14-27/h2-22,30H,1H3/q+1. The largest absolute Gasteiger partial charge is 0.255 e. The van der Waals surface area contributed by atoms with E-state index in [9.17, 15) is 0 Å². The molecule has 5 rings (SSSR count). The number of hydrogen-bond donors (Lipinski definition) is 0. The normalized spacial score (nSPS) is 16.6. The van der Waals surface area contributed by atoms with Gasteiger partial charge in [0.2, 0.25) is 0 Å². The number of allylic oxidation sites excluding steroid dienone is 5. The molecular weight excluding hydrogens is 499 g/mol. The molecule has 0 saturated heterocycles. The predicted molar refractivity (Wildman–Crippen MR) is 150 cm³/mol. The molecule has 0 spiro atoms. The van der Waals surface area contributed by atoms with E-state index in [2.05, 4.69) is 142 Å². The van der Waals surface area contributed by atoms with Crippen LogP contribution in [0.15, 0.2) is 127 Å². The van der Waals surface area contributed by atoms with Gasteiger partial charge in [-0.1, -0.05) is 54.6 Å². The van der Waals surface area contributed by atoms with Crippen LogP contribution < -0.4 is 10.6 Å². The second-order valence-corrected chi connectivity index (χ2v) is 14.6. The van der Waals surface area contributed by atoms with E-state index in [1.807, 2.05) is 18.5 Å². The monoisotopic (exact) mass is 523 g/mol. The maximum Gasteiger partial charge on any atom is 0.160 e. The van der Waals surface area contributed by atoms with Crippen molar-refractivity contribution in [3.63, 3.8) is 0 Å². The number of nitrogens with zero attached hydrogens (tertiary/aromatic N) is 2. The van der Waals surface area contributed by atoms with Crippen molar-refractivity contribution in [2.75, 3.05) is 0 Å². The number of aryl methyl sites for hydroxylation is 1. The highest BCUT2D eigenvalue weighted by Crippen LogP contribution is 2.70. The fourth-order valence-electron chi connectivity index (χ4n) is 4.31. The molecule has 0 N–H and O–H groups in total. The van der Waals surface area contributed by atoms with Gasteiger partial charge in [-0.25, -0.2) is 0 Å². The average Bonchev–Trinajstić information content (AvgIpc) is 2.90. The van der Waals surface area contributed by atoms with Gasteiger partial charge in [-0.15, -0.1) is 0 Å². The van der Waals surface area contributed by atoms with Crippen LogP contribution >= 0.6 is 21.5 Å². The zero-order valence-corrected chi connectivity index (χ0v) is 21.4. The van der Waals surface area contributed by atoms with Crippen LogP contribution in [-0.2, 0) is 0 Å². The van der Waals surface area contributed by atoms with E-state index in [1.54, 1.807) is 0 Å². The van der Waals surface area contributed by atoms with E-state index in [-0.39, 0.29) is 5.66 Å². The summed E-state index contributed by atoms with van der Waals surface area (Å²) >= 11 is 4.34. The molecule has 2 nitrogen and oxygen atoms in total. The third-order valence-corrected chi connectivity index (χ3v) is 13.1. The first-order valence-electron chi connectivity index (χ1n) is 11.3. The zero-order chi connectivity index (χ0) is 23.4. The van der Waals surface area contributed by atoms with Crippen LogP contribution in [0.25, 0.3) is 17.5 Å². The summed E-state index contributed by atoms with van der Waals surface area (Å²) in [6, 6.07) is 29.9.